The lowest BCUT2D eigenvalue weighted by Gasteiger charge is -2.13. The zero-order valence-electron chi connectivity index (χ0n) is 12.3. The summed E-state index contributed by atoms with van der Waals surface area (Å²) < 4.78 is 11.4. The van der Waals surface area contributed by atoms with Gasteiger partial charge in [0.1, 0.15) is 11.3 Å². The van der Waals surface area contributed by atoms with Crippen LogP contribution in [-0.4, -0.2) is 6.61 Å². The molecular formula is C17H20O3. The van der Waals surface area contributed by atoms with Crippen LogP contribution in [0.2, 0.25) is 0 Å². The van der Waals surface area contributed by atoms with Crippen LogP contribution in [0.3, 0.4) is 0 Å². The van der Waals surface area contributed by atoms with Crippen molar-refractivity contribution in [1.82, 2.24) is 0 Å². The fourth-order valence-electron chi connectivity index (χ4n) is 2.88. The third-order valence-electron chi connectivity index (χ3n) is 3.91. The molecule has 0 atom stereocenters. The molecule has 106 valence electrons. The highest BCUT2D eigenvalue weighted by atomic mass is 16.5. The van der Waals surface area contributed by atoms with Gasteiger partial charge in [0.25, 0.3) is 0 Å². The summed E-state index contributed by atoms with van der Waals surface area (Å²) in [4.78, 5) is 12.0. The van der Waals surface area contributed by atoms with Crippen LogP contribution in [0, 0.1) is 12.8 Å². The monoisotopic (exact) mass is 272 g/mol. The van der Waals surface area contributed by atoms with Gasteiger partial charge in [-0.25, -0.2) is 4.79 Å². The van der Waals surface area contributed by atoms with Crippen molar-refractivity contribution in [2.75, 3.05) is 6.61 Å². The molecule has 0 radical (unpaired) electrons. The molecule has 0 unspecified atom stereocenters. The Morgan fingerprint density at radius 2 is 2.00 bits per heavy atom. The Morgan fingerprint density at radius 3 is 2.75 bits per heavy atom. The maximum absolute atomic E-state index is 12.0. The van der Waals surface area contributed by atoms with Crippen molar-refractivity contribution >= 4 is 11.0 Å². The average Bonchev–Trinajstić information content (AvgIpc) is 2.89. The number of ether oxygens (including phenoxy) is 1. The van der Waals surface area contributed by atoms with Gasteiger partial charge in [-0.3, -0.25) is 0 Å². The van der Waals surface area contributed by atoms with Crippen molar-refractivity contribution < 1.29 is 9.15 Å². The first kappa shape index (κ1) is 13.2. The van der Waals surface area contributed by atoms with Crippen LogP contribution < -0.4 is 10.4 Å². The molecule has 0 saturated carbocycles. The highest BCUT2D eigenvalue weighted by molar-refractivity contribution is 5.86. The highest BCUT2D eigenvalue weighted by Gasteiger charge is 2.21. The van der Waals surface area contributed by atoms with Crippen LogP contribution >= 0.6 is 0 Å². The maximum Gasteiger partial charge on any atom is 0.339 e. The fourth-order valence-corrected chi connectivity index (χ4v) is 2.88. The molecule has 1 aliphatic rings. The van der Waals surface area contributed by atoms with Crippen molar-refractivity contribution in [2.45, 2.75) is 40.0 Å². The highest BCUT2D eigenvalue weighted by Crippen LogP contribution is 2.33. The Labute approximate surface area is 118 Å². The standard InChI is InChI=1S/C17H20O3/c1-10(2)9-19-15-8-7-13-12-5-4-6-14(12)17(18)20-16(13)11(15)3/h7-8,10H,4-6,9H2,1-3H3. The number of fused-ring (bicyclic) bond motifs is 3. The predicted molar refractivity (Wildman–Crippen MR) is 79.6 cm³/mol. The van der Waals surface area contributed by atoms with Crippen molar-refractivity contribution in [2.24, 2.45) is 5.92 Å². The molecule has 0 amide bonds. The molecular weight excluding hydrogens is 252 g/mol. The molecule has 0 N–H and O–H groups in total. The van der Waals surface area contributed by atoms with E-state index in [4.69, 9.17) is 9.15 Å². The van der Waals surface area contributed by atoms with E-state index < -0.39 is 0 Å². The molecule has 1 aliphatic carbocycles. The van der Waals surface area contributed by atoms with Crippen LogP contribution in [0.4, 0.5) is 0 Å². The van der Waals surface area contributed by atoms with Gasteiger partial charge in [-0.05, 0) is 49.8 Å². The van der Waals surface area contributed by atoms with E-state index in [1.165, 1.54) is 5.56 Å². The second-order valence-electron chi connectivity index (χ2n) is 5.97. The molecule has 0 fully saturated rings. The number of benzene rings is 1. The van der Waals surface area contributed by atoms with Gasteiger partial charge in [-0.1, -0.05) is 13.8 Å². The Bertz CT molecular complexity index is 710. The van der Waals surface area contributed by atoms with Crippen LogP contribution in [0.15, 0.2) is 21.3 Å². The van der Waals surface area contributed by atoms with Crippen molar-refractivity contribution in [1.29, 1.82) is 0 Å². The minimum absolute atomic E-state index is 0.172. The second kappa shape index (κ2) is 4.97. The molecule has 3 heteroatoms. The van der Waals surface area contributed by atoms with E-state index in [0.717, 1.165) is 41.5 Å². The van der Waals surface area contributed by atoms with Crippen LogP contribution in [0.5, 0.6) is 5.75 Å². The summed E-state index contributed by atoms with van der Waals surface area (Å²) in [6, 6.07) is 4.03. The lowest BCUT2D eigenvalue weighted by molar-refractivity contribution is 0.269. The largest absolute Gasteiger partial charge is 0.493 e. The third kappa shape index (κ3) is 2.11. The van der Waals surface area contributed by atoms with Crippen molar-refractivity contribution in [3.63, 3.8) is 0 Å². The van der Waals surface area contributed by atoms with Gasteiger partial charge in [0.15, 0.2) is 0 Å². The lowest BCUT2D eigenvalue weighted by Crippen LogP contribution is -2.09. The number of rotatable bonds is 3. The molecule has 0 saturated heterocycles. The van der Waals surface area contributed by atoms with Gasteiger partial charge in [-0.2, -0.15) is 0 Å². The van der Waals surface area contributed by atoms with Crippen LogP contribution in [0.1, 0.15) is 37.0 Å². The van der Waals surface area contributed by atoms with E-state index in [-0.39, 0.29) is 5.63 Å². The third-order valence-corrected chi connectivity index (χ3v) is 3.91. The number of hydrogen-bond donors (Lipinski definition) is 0. The SMILES string of the molecule is Cc1c(OCC(C)C)ccc2c3c(c(=O)oc12)CCC3. The zero-order valence-corrected chi connectivity index (χ0v) is 12.3. The average molecular weight is 272 g/mol. The Morgan fingerprint density at radius 1 is 1.25 bits per heavy atom. The molecule has 1 heterocycles. The Hall–Kier alpha value is -1.77. The van der Waals surface area contributed by atoms with E-state index >= 15 is 0 Å². The molecule has 0 aliphatic heterocycles. The van der Waals surface area contributed by atoms with E-state index in [0.29, 0.717) is 18.1 Å². The van der Waals surface area contributed by atoms with Gasteiger partial charge in [0.05, 0.1) is 6.61 Å². The summed E-state index contributed by atoms with van der Waals surface area (Å²) in [6.07, 6.45) is 2.87. The van der Waals surface area contributed by atoms with E-state index in [9.17, 15) is 4.79 Å². The van der Waals surface area contributed by atoms with Gasteiger partial charge in [0, 0.05) is 16.5 Å². The van der Waals surface area contributed by atoms with E-state index in [2.05, 4.69) is 13.8 Å². The Kier molecular flexibility index (Phi) is 3.28. The molecule has 0 spiro atoms. The maximum atomic E-state index is 12.0. The van der Waals surface area contributed by atoms with E-state index in [1.807, 2.05) is 19.1 Å². The number of hydrogen-bond acceptors (Lipinski definition) is 3. The first-order valence-electron chi connectivity index (χ1n) is 7.29. The van der Waals surface area contributed by atoms with Crippen molar-refractivity contribution in [3.8, 4) is 5.75 Å². The van der Waals surface area contributed by atoms with Crippen molar-refractivity contribution in [3.05, 3.63) is 39.2 Å². The zero-order chi connectivity index (χ0) is 14.3. The summed E-state index contributed by atoms with van der Waals surface area (Å²) in [5.74, 6) is 1.28. The smallest absolute Gasteiger partial charge is 0.339 e. The van der Waals surface area contributed by atoms with Gasteiger partial charge < -0.3 is 9.15 Å². The summed E-state index contributed by atoms with van der Waals surface area (Å²) in [5, 5.41) is 1.08. The van der Waals surface area contributed by atoms with Crippen LogP contribution in [0.25, 0.3) is 11.0 Å². The first-order chi connectivity index (χ1) is 9.58. The topological polar surface area (TPSA) is 39.4 Å². The predicted octanol–water partition coefficient (Wildman–Crippen LogP) is 3.62. The summed E-state index contributed by atoms with van der Waals surface area (Å²) in [7, 11) is 0. The minimum atomic E-state index is -0.172. The van der Waals surface area contributed by atoms with E-state index in [1.54, 1.807) is 0 Å². The normalized spacial score (nSPS) is 14.0. The Balaban J connectivity index is 2.14. The van der Waals surface area contributed by atoms with Crippen LogP contribution in [-0.2, 0) is 12.8 Å². The summed E-state index contributed by atoms with van der Waals surface area (Å²) in [6.45, 7) is 6.86. The molecule has 3 rings (SSSR count). The summed E-state index contributed by atoms with van der Waals surface area (Å²) >= 11 is 0. The minimum Gasteiger partial charge on any atom is -0.493 e. The molecule has 3 nitrogen and oxygen atoms in total. The first-order valence-corrected chi connectivity index (χ1v) is 7.29. The number of aryl methyl sites for hydroxylation is 2. The lowest BCUT2D eigenvalue weighted by atomic mass is 10.0. The second-order valence-corrected chi connectivity index (χ2v) is 5.97. The molecule has 0 bridgehead atoms. The molecule has 1 aromatic carbocycles. The quantitative estimate of drug-likeness (QED) is 0.801. The summed E-state index contributed by atoms with van der Waals surface area (Å²) in [5.41, 5.74) is 3.49. The van der Waals surface area contributed by atoms with Gasteiger partial charge in [-0.15, -0.1) is 0 Å². The fraction of sp³-hybridized carbons (Fsp3) is 0.471. The molecule has 2 aromatic rings. The molecule has 20 heavy (non-hydrogen) atoms. The van der Waals surface area contributed by atoms with Gasteiger partial charge >= 0.3 is 5.63 Å². The molecule has 1 aromatic heterocycles. The van der Waals surface area contributed by atoms with Gasteiger partial charge in [0.2, 0.25) is 0 Å².